The number of unbranched alkanes of at least 4 members (excludes halogenated alkanes) is 27. The molecule has 0 fully saturated rings. The molecule has 0 amide bonds. The van der Waals surface area contributed by atoms with Crippen molar-refractivity contribution in [1.82, 2.24) is 0 Å². The van der Waals surface area contributed by atoms with Gasteiger partial charge in [-0.15, -0.1) is 0 Å². The maximum absolute atomic E-state index is 2.32. The summed E-state index contributed by atoms with van der Waals surface area (Å²) in [6, 6.07) is 0. The Morgan fingerprint density at radius 3 is 0.568 bits per heavy atom. The summed E-state index contributed by atoms with van der Waals surface area (Å²) in [4.78, 5) is 0. The third kappa shape index (κ3) is 32.7. The first-order chi connectivity index (χ1) is 18.3. The summed E-state index contributed by atoms with van der Waals surface area (Å²) in [7, 11) is 0. The van der Waals surface area contributed by atoms with Gasteiger partial charge in [0.05, 0.1) is 0 Å². The van der Waals surface area contributed by atoms with E-state index < -0.39 is 14.7 Å². The van der Waals surface area contributed by atoms with Crippen LogP contribution < -0.4 is 0 Å². The molecular formula is C36H75As+. The molecule has 0 heterocycles. The fourth-order valence-electron chi connectivity index (χ4n) is 5.80. The minimum absolute atomic E-state index is 0.543. The summed E-state index contributed by atoms with van der Waals surface area (Å²) in [6.07, 6.45) is 44.8. The molecule has 0 aromatic heterocycles. The second-order valence-corrected chi connectivity index (χ2v) is 18.0. The van der Waals surface area contributed by atoms with Gasteiger partial charge in [0, 0.05) is 0 Å². The molecule has 37 heavy (non-hydrogen) atoms. The van der Waals surface area contributed by atoms with Crippen molar-refractivity contribution in [3.8, 4) is 0 Å². The molecule has 223 valence electrons. The monoisotopic (exact) mass is 583 g/mol. The van der Waals surface area contributed by atoms with E-state index in [4.69, 9.17) is 0 Å². The second kappa shape index (κ2) is 34.6. The molecule has 0 unspecified atom stereocenters. The van der Waals surface area contributed by atoms with Crippen LogP contribution in [0.25, 0.3) is 0 Å². The topological polar surface area (TPSA) is 0 Å². The molecule has 0 aromatic carbocycles. The summed E-state index contributed by atoms with van der Waals surface area (Å²) >= 11 is -0.543. The molecule has 0 saturated carbocycles. The second-order valence-electron chi connectivity index (χ2n) is 12.4. The zero-order chi connectivity index (χ0) is 26.9. The zero-order valence-corrected chi connectivity index (χ0v) is 28.7. The van der Waals surface area contributed by atoms with Crippen LogP contribution in [0.2, 0.25) is 15.6 Å². The van der Waals surface area contributed by atoms with E-state index in [1.807, 2.05) is 0 Å². The molecule has 0 N–H and O–H groups in total. The van der Waals surface area contributed by atoms with Gasteiger partial charge in [-0.2, -0.15) is 0 Å². The van der Waals surface area contributed by atoms with E-state index >= 15 is 0 Å². The van der Waals surface area contributed by atoms with Crippen molar-refractivity contribution < 1.29 is 0 Å². The Morgan fingerprint density at radius 2 is 0.378 bits per heavy atom. The Morgan fingerprint density at radius 1 is 0.216 bits per heavy atom. The van der Waals surface area contributed by atoms with Crippen molar-refractivity contribution in [2.75, 3.05) is 0 Å². The summed E-state index contributed by atoms with van der Waals surface area (Å²) in [6.45, 7) is 6.97. The van der Waals surface area contributed by atoms with Crippen LogP contribution >= 0.6 is 0 Å². The molecule has 0 bridgehead atoms. The molecule has 0 nitrogen and oxygen atoms in total. The Hall–Kier alpha value is 0.558. The van der Waals surface area contributed by atoms with Gasteiger partial charge in [0.1, 0.15) is 0 Å². The molecule has 1 radical (unpaired) electrons. The number of hydrogen-bond acceptors (Lipinski definition) is 0. The van der Waals surface area contributed by atoms with Gasteiger partial charge in [-0.3, -0.25) is 0 Å². The van der Waals surface area contributed by atoms with Crippen LogP contribution in [0.1, 0.15) is 213 Å². The zero-order valence-electron chi connectivity index (χ0n) is 26.8. The van der Waals surface area contributed by atoms with E-state index in [1.165, 1.54) is 173 Å². The van der Waals surface area contributed by atoms with Gasteiger partial charge in [-0.25, -0.2) is 0 Å². The first kappa shape index (κ1) is 37.6. The van der Waals surface area contributed by atoms with E-state index in [0.29, 0.717) is 0 Å². The fourth-order valence-corrected chi connectivity index (χ4v) is 11.4. The van der Waals surface area contributed by atoms with Crippen molar-refractivity contribution in [3.05, 3.63) is 0 Å². The average molecular weight is 583 g/mol. The van der Waals surface area contributed by atoms with Crippen molar-refractivity contribution in [2.45, 2.75) is 229 Å². The van der Waals surface area contributed by atoms with Gasteiger partial charge >= 0.3 is 244 Å². The summed E-state index contributed by atoms with van der Waals surface area (Å²) < 4.78 is 0. The standard InChI is InChI=1S/C36H75As/c1-4-7-10-13-16-19-22-25-28-31-34-37(35-32-29-26-23-20-17-14-11-8-5-2)36-33-30-27-24-21-18-15-12-9-6-3/h4-36H2,1-3H3/q+1. The molecule has 0 aromatic rings. The number of hydrogen-bond donors (Lipinski definition) is 0. The van der Waals surface area contributed by atoms with Crippen LogP contribution in [0, 0.1) is 0 Å². The van der Waals surface area contributed by atoms with Gasteiger partial charge in [-0.1, -0.05) is 0 Å². The molecule has 0 saturated heterocycles. The number of rotatable bonds is 33. The Bertz CT molecular complexity index is 322. The predicted molar refractivity (Wildman–Crippen MR) is 176 cm³/mol. The van der Waals surface area contributed by atoms with E-state index in [2.05, 4.69) is 20.8 Å². The van der Waals surface area contributed by atoms with E-state index in [1.54, 1.807) is 34.9 Å². The first-order valence-corrected chi connectivity index (χ1v) is 22.1. The van der Waals surface area contributed by atoms with Crippen molar-refractivity contribution in [2.24, 2.45) is 0 Å². The Labute approximate surface area is 243 Å². The Kier molecular flexibility index (Phi) is 35.1. The first-order valence-electron chi connectivity index (χ1n) is 18.1. The SMILES string of the molecule is CCCCCCCCCCCC[As+](CCCCCCCCCCCC)CCCCCCCCCCCC. The van der Waals surface area contributed by atoms with Crippen LogP contribution in [-0.4, -0.2) is 14.7 Å². The van der Waals surface area contributed by atoms with Gasteiger partial charge < -0.3 is 0 Å². The van der Waals surface area contributed by atoms with E-state index in [-0.39, 0.29) is 0 Å². The van der Waals surface area contributed by atoms with Gasteiger partial charge in [0.2, 0.25) is 0 Å². The fraction of sp³-hybridized carbons (Fsp3) is 1.00. The predicted octanol–water partition coefficient (Wildman–Crippen LogP) is 14.2. The van der Waals surface area contributed by atoms with Crippen LogP contribution in [0.4, 0.5) is 0 Å². The molecule has 0 aliphatic rings. The van der Waals surface area contributed by atoms with Crippen molar-refractivity contribution in [3.63, 3.8) is 0 Å². The Balaban J connectivity index is 3.87. The summed E-state index contributed by atoms with van der Waals surface area (Å²) in [5.41, 5.74) is 0. The minimum atomic E-state index is -0.543. The van der Waals surface area contributed by atoms with Crippen LogP contribution in [-0.2, 0) is 0 Å². The quantitative estimate of drug-likeness (QED) is 0.0533. The third-order valence-electron chi connectivity index (χ3n) is 8.48. The van der Waals surface area contributed by atoms with Gasteiger partial charge in [-0.05, 0) is 0 Å². The average Bonchev–Trinajstić information content (AvgIpc) is 2.91. The van der Waals surface area contributed by atoms with E-state index in [9.17, 15) is 0 Å². The molecule has 0 aliphatic carbocycles. The molecule has 0 aliphatic heterocycles. The molecular weight excluding hydrogens is 507 g/mol. The maximum atomic E-state index is 2.32. The third-order valence-corrected chi connectivity index (χ3v) is 14.5. The van der Waals surface area contributed by atoms with E-state index in [0.717, 1.165) is 0 Å². The van der Waals surface area contributed by atoms with Crippen LogP contribution in [0.5, 0.6) is 0 Å². The summed E-state index contributed by atoms with van der Waals surface area (Å²) in [5.74, 6) is 0. The molecule has 0 atom stereocenters. The normalized spacial score (nSPS) is 11.7. The van der Waals surface area contributed by atoms with Crippen LogP contribution in [0.15, 0.2) is 0 Å². The van der Waals surface area contributed by atoms with Crippen molar-refractivity contribution >= 4 is 14.7 Å². The molecule has 1 heteroatoms. The van der Waals surface area contributed by atoms with Gasteiger partial charge in [0.25, 0.3) is 0 Å². The summed E-state index contributed by atoms with van der Waals surface area (Å²) in [5, 5.41) is 5.04. The van der Waals surface area contributed by atoms with Gasteiger partial charge in [0.15, 0.2) is 0 Å². The molecule has 0 spiro atoms. The molecule has 0 rings (SSSR count). The van der Waals surface area contributed by atoms with Crippen LogP contribution in [0.3, 0.4) is 0 Å². The van der Waals surface area contributed by atoms with Crippen molar-refractivity contribution in [1.29, 1.82) is 0 Å².